The quantitative estimate of drug-likeness (QED) is 0.857. The van der Waals surface area contributed by atoms with Crippen LogP contribution in [0.4, 0.5) is 5.69 Å². The summed E-state index contributed by atoms with van der Waals surface area (Å²) in [5.41, 5.74) is 8.24. The Hall–Kier alpha value is -1.85. The van der Waals surface area contributed by atoms with Gasteiger partial charge < -0.3 is 16.0 Å². The SMILES string of the molecule is CN(C)c1ccc(CNCc2cc(C(N)=O)cs2)cc1. The second kappa shape index (κ2) is 6.54. The maximum atomic E-state index is 11.0. The Morgan fingerprint density at radius 1 is 1.25 bits per heavy atom. The average Bonchev–Trinajstić information content (AvgIpc) is 2.88. The molecule has 1 aromatic carbocycles. The minimum atomic E-state index is -0.369. The zero-order valence-electron chi connectivity index (χ0n) is 11.7. The van der Waals surface area contributed by atoms with Crippen molar-refractivity contribution in [2.45, 2.75) is 13.1 Å². The molecule has 1 amide bonds. The molecule has 0 aliphatic heterocycles. The van der Waals surface area contributed by atoms with Crippen molar-refractivity contribution in [2.24, 2.45) is 5.73 Å². The standard InChI is InChI=1S/C15H19N3OS/c1-18(2)13-5-3-11(4-6-13)8-17-9-14-7-12(10-20-14)15(16)19/h3-7,10,17H,8-9H2,1-2H3,(H2,16,19). The summed E-state index contributed by atoms with van der Waals surface area (Å²) in [5.74, 6) is -0.369. The van der Waals surface area contributed by atoms with Gasteiger partial charge in [0.2, 0.25) is 5.91 Å². The molecule has 1 heterocycles. The van der Waals surface area contributed by atoms with Crippen LogP contribution in [0.1, 0.15) is 20.8 Å². The highest BCUT2D eigenvalue weighted by Crippen LogP contribution is 2.15. The number of anilines is 1. The van der Waals surface area contributed by atoms with Crippen molar-refractivity contribution >= 4 is 22.9 Å². The molecule has 0 bridgehead atoms. The molecule has 0 saturated heterocycles. The number of hydrogen-bond donors (Lipinski definition) is 2. The van der Waals surface area contributed by atoms with E-state index in [-0.39, 0.29) is 5.91 Å². The lowest BCUT2D eigenvalue weighted by molar-refractivity contribution is 0.100. The Kier molecular flexibility index (Phi) is 4.76. The first-order valence-corrected chi connectivity index (χ1v) is 7.28. The van der Waals surface area contributed by atoms with Crippen LogP contribution in [0, 0.1) is 0 Å². The smallest absolute Gasteiger partial charge is 0.249 e. The molecule has 3 N–H and O–H groups in total. The van der Waals surface area contributed by atoms with Gasteiger partial charge >= 0.3 is 0 Å². The number of benzene rings is 1. The van der Waals surface area contributed by atoms with E-state index in [0.717, 1.165) is 18.0 Å². The predicted molar refractivity (Wildman–Crippen MR) is 84.1 cm³/mol. The Morgan fingerprint density at radius 3 is 2.50 bits per heavy atom. The molecule has 2 rings (SSSR count). The van der Waals surface area contributed by atoms with Gasteiger partial charge in [-0.15, -0.1) is 11.3 Å². The first-order chi connectivity index (χ1) is 9.56. The van der Waals surface area contributed by atoms with E-state index >= 15 is 0 Å². The van der Waals surface area contributed by atoms with Crippen LogP contribution in [-0.2, 0) is 13.1 Å². The summed E-state index contributed by atoms with van der Waals surface area (Å²) in [4.78, 5) is 14.2. The summed E-state index contributed by atoms with van der Waals surface area (Å²) >= 11 is 1.55. The highest BCUT2D eigenvalue weighted by Gasteiger charge is 2.04. The molecule has 106 valence electrons. The number of carbonyl (C=O) groups excluding carboxylic acids is 1. The molecule has 2 aromatic rings. The molecule has 5 heteroatoms. The minimum absolute atomic E-state index is 0.369. The Balaban J connectivity index is 1.84. The van der Waals surface area contributed by atoms with Crippen LogP contribution in [0.25, 0.3) is 0 Å². The van der Waals surface area contributed by atoms with Crippen LogP contribution >= 0.6 is 11.3 Å². The summed E-state index contributed by atoms with van der Waals surface area (Å²) in [5, 5.41) is 5.16. The van der Waals surface area contributed by atoms with E-state index in [1.54, 1.807) is 16.7 Å². The van der Waals surface area contributed by atoms with E-state index in [9.17, 15) is 4.79 Å². The fraction of sp³-hybridized carbons (Fsp3) is 0.267. The fourth-order valence-corrected chi connectivity index (χ4v) is 2.69. The number of rotatable bonds is 6. The van der Waals surface area contributed by atoms with Gasteiger partial charge in [0.05, 0.1) is 5.56 Å². The van der Waals surface area contributed by atoms with Crippen LogP contribution < -0.4 is 16.0 Å². The van der Waals surface area contributed by atoms with E-state index in [1.165, 1.54) is 11.3 Å². The molecular weight excluding hydrogens is 270 g/mol. The molecule has 0 saturated carbocycles. The van der Waals surface area contributed by atoms with E-state index in [4.69, 9.17) is 5.73 Å². The van der Waals surface area contributed by atoms with E-state index < -0.39 is 0 Å². The zero-order chi connectivity index (χ0) is 14.5. The number of primary amides is 1. The summed E-state index contributed by atoms with van der Waals surface area (Å²) in [6, 6.07) is 10.3. The maximum absolute atomic E-state index is 11.0. The number of carbonyl (C=O) groups is 1. The van der Waals surface area contributed by atoms with Crippen molar-refractivity contribution in [2.75, 3.05) is 19.0 Å². The van der Waals surface area contributed by atoms with Gasteiger partial charge in [-0.25, -0.2) is 0 Å². The molecule has 1 aromatic heterocycles. The lowest BCUT2D eigenvalue weighted by Gasteiger charge is -2.12. The third kappa shape index (κ3) is 3.82. The van der Waals surface area contributed by atoms with Crippen molar-refractivity contribution in [3.8, 4) is 0 Å². The van der Waals surface area contributed by atoms with Gasteiger partial charge in [-0.05, 0) is 23.8 Å². The molecule has 0 spiro atoms. The predicted octanol–water partition coefficient (Wildman–Crippen LogP) is 2.20. The molecule has 0 fully saturated rings. The molecule has 0 atom stereocenters. The Morgan fingerprint density at radius 2 is 1.95 bits per heavy atom. The van der Waals surface area contributed by atoms with Crippen molar-refractivity contribution in [3.05, 3.63) is 51.7 Å². The van der Waals surface area contributed by atoms with Gasteiger partial charge in [-0.3, -0.25) is 4.79 Å². The van der Waals surface area contributed by atoms with Crippen LogP contribution in [0.3, 0.4) is 0 Å². The van der Waals surface area contributed by atoms with Gasteiger partial charge in [0.25, 0.3) is 0 Å². The molecule has 20 heavy (non-hydrogen) atoms. The van der Waals surface area contributed by atoms with Crippen molar-refractivity contribution in [1.29, 1.82) is 0 Å². The molecule has 0 aliphatic rings. The van der Waals surface area contributed by atoms with Gasteiger partial charge in [0, 0.05) is 43.1 Å². The first kappa shape index (κ1) is 14.6. The summed E-state index contributed by atoms with van der Waals surface area (Å²) in [6.07, 6.45) is 0. The van der Waals surface area contributed by atoms with Crippen molar-refractivity contribution in [1.82, 2.24) is 5.32 Å². The minimum Gasteiger partial charge on any atom is -0.378 e. The molecular formula is C15H19N3OS. The zero-order valence-corrected chi connectivity index (χ0v) is 12.5. The van der Waals surface area contributed by atoms with E-state index in [0.29, 0.717) is 5.56 Å². The second-order valence-corrected chi connectivity index (χ2v) is 5.83. The van der Waals surface area contributed by atoms with Crippen LogP contribution in [0.15, 0.2) is 35.7 Å². The summed E-state index contributed by atoms with van der Waals surface area (Å²) in [6.45, 7) is 1.55. The number of nitrogens with one attached hydrogen (secondary N) is 1. The second-order valence-electron chi connectivity index (χ2n) is 4.83. The highest BCUT2D eigenvalue weighted by molar-refractivity contribution is 7.10. The van der Waals surface area contributed by atoms with Crippen LogP contribution in [0.2, 0.25) is 0 Å². The van der Waals surface area contributed by atoms with Crippen molar-refractivity contribution in [3.63, 3.8) is 0 Å². The van der Waals surface area contributed by atoms with E-state index in [1.807, 2.05) is 20.2 Å². The fourth-order valence-electron chi connectivity index (χ4n) is 1.84. The number of nitrogens with zero attached hydrogens (tertiary/aromatic N) is 1. The van der Waals surface area contributed by atoms with E-state index in [2.05, 4.69) is 34.5 Å². The molecule has 4 nitrogen and oxygen atoms in total. The number of hydrogen-bond acceptors (Lipinski definition) is 4. The van der Waals surface area contributed by atoms with Gasteiger partial charge in [-0.2, -0.15) is 0 Å². The Bertz CT molecular complexity index is 575. The molecule has 0 radical (unpaired) electrons. The molecule has 0 unspecified atom stereocenters. The Labute approximate surface area is 123 Å². The van der Waals surface area contributed by atoms with Gasteiger partial charge in [0.1, 0.15) is 0 Å². The van der Waals surface area contributed by atoms with Gasteiger partial charge in [-0.1, -0.05) is 12.1 Å². The lowest BCUT2D eigenvalue weighted by atomic mass is 10.2. The summed E-state index contributed by atoms with van der Waals surface area (Å²) in [7, 11) is 4.06. The van der Waals surface area contributed by atoms with Crippen molar-refractivity contribution < 1.29 is 4.79 Å². The largest absolute Gasteiger partial charge is 0.378 e. The third-order valence-electron chi connectivity index (χ3n) is 3.02. The summed E-state index contributed by atoms with van der Waals surface area (Å²) < 4.78 is 0. The number of nitrogens with two attached hydrogens (primary N) is 1. The lowest BCUT2D eigenvalue weighted by Crippen LogP contribution is -2.13. The van der Waals surface area contributed by atoms with Gasteiger partial charge in [0.15, 0.2) is 0 Å². The maximum Gasteiger partial charge on any atom is 0.249 e. The highest BCUT2D eigenvalue weighted by atomic mass is 32.1. The monoisotopic (exact) mass is 289 g/mol. The topological polar surface area (TPSA) is 58.4 Å². The van der Waals surface area contributed by atoms with Crippen LogP contribution in [0.5, 0.6) is 0 Å². The van der Waals surface area contributed by atoms with Crippen LogP contribution in [-0.4, -0.2) is 20.0 Å². The number of amides is 1. The molecule has 0 aliphatic carbocycles. The normalized spacial score (nSPS) is 10.5. The average molecular weight is 289 g/mol. The third-order valence-corrected chi connectivity index (χ3v) is 3.96. The first-order valence-electron chi connectivity index (χ1n) is 6.40. The number of thiophene rings is 1.